The second-order valence-corrected chi connectivity index (χ2v) is 6.60. The molecule has 0 radical (unpaired) electrons. The number of imidazole rings is 1. The Morgan fingerprint density at radius 2 is 1.97 bits per heavy atom. The molecule has 0 unspecified atom stereocenters. The number of anilines is 1. The zero-order valence-electron chi connectivity index (χ0n) is 14.8. The molecule has 0 atom stereocenters. The minimum atomic E-state index is -4.98. The lowest BCUT2D eigenvalue weighted by atomic mass is 10.3. The first-order valence-electron chi connectivity index (χ1n) is 8.22. The number of benzene rings is 1. The predicted molar refractivity (Wildman–Crippen MR) is 101 cm³/mol. The first-order valence-corrected chi connectivity index (χ1v) is 9.17. The monoisotopic (exact) mass is 419 g/mol. The van der Waals surface area contributed by atoms with E-state index in [4.69, 9.17) is 0 Å². The van der Waals surface area contributed by atoms with Crippen LogP contribution in [0.3, 0.4) is 0 Å². The van der Waals surface area contributed by atoms with E-state index in [1.54, 1.807) is 39.7 Å². The Hall–Kier alpha value is -3.47. The zero-order chi connectivity index (χ0) is 20.6. The number of thiazole rings is 1. The van der Waals surface area contributed by atoms with E-state index in [0.717, 1.165) is 0 Å². The minimum absolute atomic E-state index is 0.134. The highest BCUT2D eigenvalue weighted by molar-refractivity contribution is 7.07. The number of carbonyl (C=O) groups excluding carboxylic acids is 1. The highest BCUT2D eigenvalue weighted by Gasteiger charge is 2.33. The maximum absolute atomic E-state index is 12.9. The molecule has 29 heavy (non-hydrogen) atoms. The number of alkyl halides is 3. The Balaban J connectivity index is 1.93. The molecule has 1 N–H and O–H groups in total. The topological polar surface area (TPSA) is 81.9 Å². The molecule has 7 nitrogen and oxygen atoms in total. The lowest BCUT2D eigenvalue weighted by Crippen LogP contribution is -2.20. The van der Waals surface area contributed by atoms with Gasteiger partial charge >= 0.3 is 6.36 Å². The van der Waals surface area contributed by atoms with Gasteiger partial charge < -0.3 is 10.1 Å². The molecule has 11 heteroatoms. The Bertz CT molecular complexity index is 1190. The quantitative estimate of drug-likeness (QED) is 0.530. The van der Waals surface area contributed by atoms with Gasteiger partial charge in [0.25, 0.3) is 0 Å². The number of amides is 1. The van der Waals surface area contributed by atoms with Crippen LogP contribution in [0, 0.1) is 0 Å². The molecule has 3 heterocycles. The molecule has 1 aromatic carbocycles. The van der Waals surface area contributed by atoms with Gasteiger partial charge in [0.1, 0.15) is 17.2 Å². The van der Waals surface area contributed by atoms with Crippen LogP contribution in [0.25, 0.3) is 28.4 Å². The van der Waals surface area contributed by atoms with E-state index in [1.807, 2.05) is 0 Å². The number of carbonyl (C=O) groups is 1. The van der Waals surface area contributed by atoms with E-state index in [2.05, 4.69) is 25.0 Å². The number of aromatic nitrogens is 4. The van der Waals surface area contributed by atoms with Gasteiger partial charge in [0.15, 0.2) is 5.82 Å². The summed E-state index contributed by atoms with van der Waals surface area (Å²) in [7, 11) is 0. The van der Waals surface area contributed by atoms with E-state index in [-0.39, 0.29) is 11.5 Å². The summed E-state index contributed by atoms with van der Waals surface area (Å²) >= 11 is 1.36. The highest BCUT2D eigenvalue weighted by Crippen LogP contribution is 2.33. The van der Waals surface area contributed by atoms with Crippen molar-refractivity contribution in [3.8, 4) is 23.2 Å². The van der Waals surface area contributed by atoms with Crippen molar-refractivity contribution in [2.45, 2.75) is 13.3 Å². The smallest absolute Gasteiger partial charge is 0.385 e. The van der Waals surface area contributed by atoms with Gasteiger partial charge in [-0.1, -0.05) is 12.1 Å². The van der Waals surface area contributed by atoms with Crippen LogP contribution in [0.1, 0.15) is 6.92 Å². The summed E-state index contributed by atoms with van der Waals surface area (Å²) in [6.45, 7) is 1.18. The number of nitrogens with zero attached hydrogens (tertiary/aromatic N) is 4. The van der Waals surface area contributed by atoms with Crippen LogP contribution in [-0.2, 0) is 4.79 Å². The van der Waals surface area contributed by atoms with Crippen molar-refractivity contribution in [1.29, 1.82) is 0 Å². The Morgan fingerprint density at radius 1 is 1.17 bits per heavy atom. The number of ether oxygens (including phenoxy) is 1. The number of pyridine rings is 1. The van der Waals surface area contributed by atoms with Crippen molar-refractivity contribution in [1.82, 2.24) is 19.5 Å². The first-order chi connectivity index (χ1) is 13.8. The van der Waals surface area contributed by atoms with Crippen molar-refractivity contribution in [3.63, 3.8) is 0 Å². The molecule has 4 aromatic rings. The number of halogens is 3. The van der Waals surface area contributed by atoms with Crippen LogP contribution in [0.15, 0.2) is 47.3 Å². The fraction of sp³-hybridized carbons (Fsp3) is 0.111. The molecule has 0 spiro atoms. The summed E-state index contributed by atoms with van der Waals surface area (Å²) < 4.78 is 44.3. The van der Waals surface area contributed by atoms with E-state index in [0.29, 0.717) is 22.6 Å². The highest BCUT2D eigenvalue weighted by atomic mass is 32.1. The Labute approximate surface area is 165 Å². The number of rotatable bonds is 4. The molecule has 4 rings (SSSR count). The maximum atomic E-state index is 12.9. The summed E-state index contributed by atoms with van der Waals surface area (Å²) in [5.74, 6) is -0.768. The van der Waals surface area contributed by atoms with Gasteiger partial charge in [-0.25, -0.2) is 9.97 Å². The van der Waals surface area contributed by atoms with Crippen molar-refractivity contribution in [3.05, 3.63) is 47.3 Å². The summed E-state index contributed by atoms with van der Waals surface area (Å²) in [5, 5.41) is 4.06. The minimum Gasteiger partial charge on any atom is -0.385 e. The van der Waals surface area contributed by atoms with Crippen LogP contribution in [0.5, 0.6) is 5.88 Å². The average molecular weight is 419 g/mol. The molecule has 0 aliphatic rings. The molecule has 1 amide bonds. The number of hydrogen-bond acceptors (Lipinski definition) is 6. The Morgan fingerprint density at radius 3 is 2.66 bits per heavy atom. The lowest BCUT2D eigenvalue weighted by Gasteiger charge is -2.15. The molecule has 148 valence electrons. The third-order valence-electron chi connectivity index (χ3n) is 3.82. The van der Waals surface area contributed by atoms with E-state index in [9.17, 15) is 18.0 Å². The molecule has 0 aliphatic heterocycles. The third-order valence-corrected chi connectivity index (χ3v) is 4.41. The molecule has 0 aliphatic carbocycles. The van der Waals surface area contributed by atoms with Gasteiger partial charge in [0.2, 0.25) is 11.8 Å². The summed E-state index contributed by atoms with van der Waals surface area (Å²) in [6.07, 6.45) is -4.98. The predicted octanol–water partition coefficient (Wildman–Crippen LogP) is 4.40. The van der Waals surface area contributed by atoms with Crippen molar-refractivity contribution >= 4 is 34.0 Å². The van der Waals surface area contributed by atoms with Crippen molar-refractivity contribution in [2.75, 3.05) is 5.32 Å². The van der Waals surface area contributed by atoms with Crippen molar-refractivity contribution in [2.24, 2.45) is 0 Å². The van der Waals surface area contributed by atoms with E-state index < -0.39 is 18.1 Å². The van der Waals surface area contributed by atoms with Crippen LogP contribution in [0.4, 0.5) is 18.9 Å². The molecule has 3 aromatic heterocycles. The van der Waals surface area contributed by atoms with Crippen LogP contribution < -0.4 is 10.1 Å². The second kappa shape index (κ2) is 7.17. The first kappa shape index (κ1) is 18.9. The van der Waals surface area contributed by atoms with Crippen LogP contribution in [-0.4, -0.2) is 31.8 Å². The van der Waals surface area contributed by atoms with Gasteiger partial charge in [-0.15, -0.1) is 24.5 Å². The molecule has 0 fully saturated rings. The lowest BCUT2D eigenvalue weighted by molar-refractivity contribution is -0.275. The van der Waals surface area contributed by atoms with Gasteiger partial charge in [-0.3, -0.25) is 9.36 Å². The molecule has 0 saturated heterocycles. The maximum Gasteiger partial charge on any atom is 0.574 e. The fourth-order valence-corrected chi connectivity index (χ4v) is 3.31. The standard InChI is InChI=1S/C18H12F3N5O2S/c1-10(27)23-12-6-7-15(25-17(12)28-18(19,20)21)26-14-5-3-2-4-11(14)24-16(26)13-8-29-9-22-13/h2-9H,1H3,(H,23,27). The molecule has 0 saturated carbocycles. The average Bonchev–Trinajstić information content (AvgIpc) is 3.28. The van der Waals surface area contributed by atoms with E-state index in [1.165, 1.54) is 30.4 Å². The molecular formula is C18H12F3N5O2S. The van der Waals surface area contributed by atoms with Gasteiger partial charge in [0.05, 0.1) is 16.5 Å². The molecular weight excluding hydrogens is 407 g/mol. The SMILES string of the molecule is CC(=O)Nc1ccc(-n2c(-c3cscn3)nc3ccccc32)nc1OC(F)(F)F. The zero-order valence-corrected chi connectivity index (χ0v) is 15.6. The summed E-state index contributed by atoms with van der Waals surface area (Å²) in [5.41, 5.74) is 3.25. The van der Waals surface area contributed by atoms with E-state index >= 15 is 0 Å². The Kier molecular flexibility index (Phi) is 4.66. The fourth-order valence-electron chi connectivity index (χ4n) is 2.78. The van der Waals surface area contributed by atoms with Crippen LogP contribution in [0.2, 0.25) is 0 Å². The van der Waals surface area contributed by atoms with Gasteiger partial charge in [-0.2, -0.15) is 4.98 Å². The summed E-state index contributed by atoms with van der Waals surface area (Å²) in [6, 6.07) is 9.90. The number of nitrogens with one attached hydrogen (secondary N) is 1. The van der Waals surface area contributed by atoms with Gasteiger partial charge in [-0.05, 0) is 24.3 Å². The normalized spacial score (nSPS) is 11.6. The molecule has 0 bridgehead atoms. The largest absolute Gasteiger partial charge is 0.574 e. The van der Waals surface area contributed by atoms with Gasteiger partial charge in [0, 0.05) is 12.3 Å². The number of hydrogen-bond donors (Lipinski definition) is 1. The van der Waals surface area contributed by atoms with Crippen molar-refractivity contribution < 1.29 is 22.7 Å². The summed E-state index contributed by atoms with van der Waals surface area (Å²) in [4.78, 5) is 24.1. The number of para-hydroxylation sites is 2. The van der Waals surface area contributed by atoms with Crippen LogP contribution >= 0.6 is 11.3 Å². The number of fused-ring (bicyclic) bond motifs is 1. The third kappa shape index (κ3) is 3.90. The second-order valence-electron chi connectivity index (χ2n) is 5.88.